The van der Waals surface area contributed by atoms with Gasteiger partial charge >= 0.3 is 0 Å². The van der Waals surface area contributed by atoms with E-state index in [9.17, 15) is 0 Å². The molecule has 1 aliphatic rings. The zero-order valence-electron chi connectivity index (χ0n) is 29.1. The zero-order chi connectivity index (χ0) is 35.3. The van der Waals surface area contributed by atoms with Gasteiger partial charge in [0.05, 0.1) is 0 Å². The minimum atomic E-state index is -0.134. The van der Waals surface area contributed by atoms with E-state index < -0.39 is 0 Å². The van der Waals surface area contributed by atoms with Gasteiger partial charge in [-0.3, -0.25) is 0 Å². The normalized spacial score (nSPS) is 13.2. The first-order valence-electron chi connectivity index (χ1n) is 17.9. The third-order valence-electron chi connectivity index (χ3n) is 11.0. The van der Waals surface area contributed by atoms with Crippen LogP contribution in [0.2, 0.25) is 0 Å². The fourth-order valence-electron chi connectivity index (χ4n) is 8.29. The van der Waals surface area contributed by atoms with Crippen molar-refractivity contribution in [2.24, 2.45) is 0 Å². The average Bonchev–Trinajstić information content (AvgIpc) is 3.85. The number of hydrogen-bond acceptors (Lipinski definition) is 5. The fourth-order valence-corrected chi connectivity index (χ4v) is 8.29. The number of benzene rings is 7. The summed E-state index contributed by atoms with van der Waals surface area (Å²) in [5.74, 6) is 1.86. The number of para-hydroxylation sites is 1. The van der Waals surface area contributed by atoms with E-state index in [2.05, 4.69) is 117 Å². The molecule has 10 aromatic rings. The van der Waals surface area contributed by atoms with Gasteiger partial charge in [-0.1, -0.05) is 123 Å². The third-order valence-corrected chi connectivity index (χ3v) is 11.0. The van der Waals surface area contributed by atoms with Gasteiger partial charge in [-0.15, -0.1) is 0 Å². The quantitative estimate of drug-likeness (QED) is 0.185. The van der Waals surface area contributed by atoms with Crippen LogP contribution >= 0.6 is 0 Å². The summed E-state index contributed by atoms with van der Waals surface area (Å²) in [7, 11) is 0. The molecule has 7 aromatic carbocycles. The second-order valence-corrected chi connectivity index (χ2v) is 14.4. The SMILES string of the molecule is CC1(C)c2ccccc2-c2ccc(-c3nc(-c4ccccc4)nc(-c4ccc5c(c4)oc4ccc(-c6cccc7oc8ccccc8c67)cc45)n3)cc21. The first-order valence-corrected chi connectivity index (χ1v) is 17.9. The Balaban J connectivity index is 1.04. The van der Waals surface area contributed by atoms with Crippen LogP contribution in [0.5, 0.6) is 0 Å². The monoisotopic (exact) mass is 681 g/mol. The molecule has 53 heavy (non-hydrogen) atoms. The number of fused-ring (bicyclic) bond motifs is 9. The minimum Gasteiger partial charge on any atom is -0.456 e. The molecule has 11 rings (SSSR count). The lowest BCUT2D eigenvalue weighted by Gasteiger charge is -2.21. The van der Waals surface area contributed by atoms with E-state index in [1.807, 2.05) is 48.5 Å². The number of aromatic nitrogens is 3. The summed E-state index contributed by atoms with van der Waals surface area (Å²) in [6.45, 7) is 4.59. The zero-order valence-corrected chi connectivity index (χ0v) is 29.1. The number of hydrogen-bond donors (Lipinski definition) is 0. The first-order chi connectivity index (χ1) is 26.0. The van der Waals surface area contributed by atoms with Crippen LogP contribution in [0.3, 0.4) is 0 Å². The van der Waals surface area contributed by atoms with Crippen LogP contribution in [0.1, 0.15) is 25.0 Å². The molecule has 0 unspecified atom stereocenters. The molecule has 0 fully saturated rings. The van der Waals surface area contributed by atoms with Crippen molar-refractivity contribution in [3.05, 3.63) is 163 Å². The Labute approximate surface area is 305 Å². The van der Waals surface area contributed by atoms with Crippen LogP contribution in [0.15, 0.2) is 160 Å². The summed E-state index contributed by atoms with van der Waals surface area (Å²) in [5.41, 5.74) is 13.4. The van der Waals surface area contributed by atoms with Crippen molar-refractivity contribution in [1.29, 1.82) is 0 Å². The minimum absolute atomic E-state index is 0.134. The van der Waals surface area contributed by atoms with Gasteiger partial charge in [-0.2, -0.15) is 0 Å². The molecule has 0 radical (unpaired) electrons. The largest absolute Gasteiger partial charge is 0.456 e. The lowest BCUT2D eigenvalue weighted by molar-refractivity contribution is 0.660. The predicted molar refractivity (Wildman–Crippen MR) is 214 cm³/mol. The summed E-state index contributed by atoms with van der Waals surface area (Å²) < 4.78 is 12.7. The Bertz CT molecular complexity index is 3100. The average molecular weight is 682 g/mol. The maximum Gasteiger partial charge on any atom is 0.164 e. The molecule has 0 saturated carbocycles. The number of furan rings is 2. The molecule has 250 valence electrons. The molecule has 0 saturated heterocycles. The Morgan fingerprint density at radius 1 is 0.377 bits per heavy atom. The Kier molecular flexibility index (Phi) is 6.23. The predicted octanol–water partition coefficient (Wildman–Crippen LogP) is 12.6. The van der Waals surface area contributed by atoms with E-state index in [1.165, 1.54) is 22.3 Å². The molecular formula is C48H31N3O2. The Morgan fingerprint density at radius 2 is 1.00 bits per heavy atom. The molecule has 0 spiro atoms. The van der Waals surface area contributed by atoms with Crippen molar-refractivity contribution in [1.82, 2.24) is 15.0 Å². The second-order valence-electron chi connectivity index (χ2n) is 14.4. The van der Waals surface area contributed by atoms with E-state index >= 15 is 0 Å². The summed E-state index contributed by atoms with van der Waals surface area (Å²) in [6, 6.07) is 52.5. The van der Waals surface area contributed by atoms with Crippen LogP contribution in [-0.4, -0.2) is 15.0 Å². The molecule has 3 aromatic heterocycles. The molecule has 0 aliphatic heterocycles. The van der Waals surface area contributed by atoms with Gasteiger partial charge in [-0.05, 0) is 75.8 Å². The smallest absolute Gasteiger partial charge is 0.164 e. The van der Waals surface area contributed by atoms with E-state index in [1.54, 1.807) is 0 Å². The van der Waals surface area contributed by atoms with E-state index in [4.69, 9.17) is 23.8 Å². The van der Waals surface area contributed by atoms with Gasteiger partial charge in [-0.25, -0.2) is 15.0 Å². The molecule has 0 amide bonds. The maximum atomic E-state index is 6.49. The van der Waals surface area contributed by atoms with Crippen molar-refractivity contribution in [3.63, 3.8) is 0 Å². The van der Waals surface area contributed by atoms with Crippen LogP contribution in [0.25, 0.3) is 100 Å². The lowest BCUT2D eigenvalue weighted by Crippen LogP contribution is -2.15. The van der Waals surface area contributed by atoms with Gasteiger partial charge in [0, 0.05) is 43.7 Å². The standard InChI is InChI=1S/C48H31N3O2/c1-48(2)38-16-8-6-13-33(38)34-22-19-30(26-39(34)48)46-49-45(28-11-4-3-5-12-28)50-47(51-46)31-20-23-35-37-25-29(21-24-41(37)53-43(35)27-31)32-15-10-18-42-44(32)36-14-7-9-17-40(36)52-42/h3-27H,1-2H3. The van der Waals surface area contributed by atoms with E-state index in [-0.39, 0.29) is 5.41 Å². The van der Waals surface area contributed by atoms with Crippen molar-refractivity contribution < 1.29 is 8.83 Å². The summed E-state index contributed by atoms with van der Waals surface area (Å²) in [4.78, 5) is 15.2. The highest BCUT2D eigenvalue weighted by Gasteiger charge is 2.35. The van der Waals surface area contributed by atoms with Gasteiger partial charge in [0.15, 0.2) is 17.5 Å². The Hall–Kier alpha value is -6.85. The molecule has 3 heterocycles. The molecule has 1 aliphatic carbocycles. The van der Waals surface area contributed by atoms with Crippen LogP contribution < -0.4 is 0 Å². The maximum absolute atomic E-state index is 6.49. The van der Waals surface area contributed by atoms with Gasteiger partial charge in [0.25, 0.3) is 0 Å². The van der Waals surface area contributed by atoms with E-state index in [0.717, 1.165) is 71.7 Å². The molecule has 0 atom stereocenters. The number of rotatable bonds is 4. The second kappa shape index (κ2) is 11.1. The highest BCUT2D eigenvalue weighted by atomic mass is 16.3. The highest BCUT2D eigenvalue weighted by molar-refractivity contribution is 6.14. The lowest BCUT2D eigenvalue weighted by atomic mass is 9.82. The topological polar surface area (TPSA) is 65.0 Å². The third kappa shape index (κ3) is 4.54. The first kappa shape index (κ1) is 29.8. The van der Waals surface area contributed by atoms with Gasteiger partial charge in [0.2, 0.25) is 0 Å². The van der Waals surface area contributed by atoms with Gasteiger partial charge < -0.3 is 8.83 Å². The summed E-state index contributed by atoms with van der Waals surface area (Å²) in [6.07, 6.45) is 0. The molecule has 0 bridgehead atoms. The molecule has 5 nitrogen and oxygen atoms in total. The van der Waals surface area contributed by atoms with Crippen LogP contribution in [-0.2, 0) is 5.41 Å². The van der Waals surface area contributed by atoms with E-state index in [0.29, 0.717) is 17.5 Å². The van der Waals surface area contributed by atoms with Crippen molar-refractivity contribution in [3.8, 4) is 56.4 Å². The Morgan fingerprint density at radius 3 is 1.87 bits per heavy atom. The number of nitrogens with zero attached hydrogens (tertiary/aromatic N) is 3. The summed E-state index contributed by atoms with van der Waals surface area (Å²) >= 11 is 0. The van der Waals surface area contributed by atoms with Crippen molar-refractivity contribution >= 4 is 43.9 Å². The van der Waals surface area contributed by atoms with Gasteiger partial charge in [0.1, 0.15) is 22.3 Å². The van der Waals surface area contributed by atoms with Crippen molar-refractivity contribution in [2.75, 3.05) is 0 Å². The van der Waals surface area contributed by atoms with Crippen LogP contribution in [0, 0.1) is 0 Å². The molecular weight excluding hydrogens is 651 g/mol. The fraction of sp³-hybridized carbons (Fsp3) is 0.0625. The molecule has 5 heteroatoms. The summed E-state index contributed by atoms with van der Waals surface area (Å²) in [5, 5.41) is 4.32. The highest BCUT2D eigenvalue weighted by Crippen LogP contribution is 2.49. The van der Waals surface area contributed by atoms with Crippen LogP contribution in [0.4, 0.5) is 0 Å². The van der Waals surface area contributed by atoms with Crippen molar-refractivity contribution in [2.45, 2.75) is 19.3 Å². The molecule has 0 N–H and O–H groups in total.